The van der Waals surface area contributed by atoms with Gasteiger partial charge in [-0.2, -0.15) is 5.26 Å². The van der Waals surface area contributed by atoms with Crippen molar-refractivity contribution in [1.29, 1.82) is 5.26 Å². The molecular formula is C24H28N2O3. The summed E-state index contributed by atoms with van der Waals surface area (Å²) in [6.45, 7) is 3.68. The second kappa shape index (κ2) is 5.75. The van der Waals surface area contributed by atoms with Crippen molar-refractivity contribution in [2.75, 3.05) is 26.3 Å². The summed E-state index contributed by atoms with van der Waals surface area (Å²) in [6.07, 6.45) is 8.32. The van der Waals surface area contributed by atoms with Gasteiger partial charge in [0.25, 0.3) is 0 Å². The zero-order chi connectivity index (χ0) is 19.2. The lowest BCUT2D eigenvalue weighted by Crippen LogP contribution is -2.70. The minimum absolute atomic E-state index is 0.0564. The van der Waals surface area contributed by atoms with Crippen LogP contribution in [-0.4, -0.2) is 49.1 Å². The Balaban J connectivity index is 1.38. The van der Waals surface area contributed by atoms with E-state index < -0.39 is 5.79 Å². The predicted molar refractivity (Wildman–Crippen MR) is 106 cm³/mol. The lowest BCUT2D eigenvalue weighted by molar-refractivity contribution is -0.261. The van der Waals surface area contributed by atoms with E-state index in [1.165, 1.54) is 36.9 Å². The normalized spacial score (nSPS) is 38.9. The smallest absolute Gasteiger partial charge is 0.206 e. The molecule has 3 heterocycles. The van der Waals surface area contributed by atoms with Crippen molar-refractivity contribution in [1.82, 2.24) is 4.90 Å². The van der Waals surface area contributed by atoms with Crippen LogP contribution in [0.5, 0.6) is 5.75 Å². The Labute approximate surface area is 171 Å². The molecule has 4 fully saturated rings. The molecule has 2 saturated heterocycles. The molecule has 5 nitrogen and oxygen atoms in total. The summed E-state index contributed by atoms with van der Waals surface area (Å²) < 4.78 is 19.2. The predicted octanol–water partition coefficient (Wildman–Crippen LogP) is 3.14. The average Bonchev–Trinajstić information content (AvgIpc) is 3.30. The van der Waals surface area contributed by atoms with E-state index in [1.807, 2.05) is 6.07 Å². The van der Waals surface area contributed by atoms with Crippen molar-refractivity contribution < 1.29 is 14.2 Å². The summed E-state index contributed by atoms with van der Waals surface area (Å²) in [5, 5.41) is 9.76. The van der Waals surface area contributed by atoms with Crippen molar-refractivity contribution in [2.45, 2.75) is 68.3 Å². The highest BCUT2D eigenvalue weighted by Gasteiger charge is 2.71. The molecule has 29 heavy (non-hydrogen) atoms. The SMILES string of the molecule is N#Cc1ccc2c3c1O[C@H]1C4(CC[C@H]5[C@@H](C2)N(CC2CCC2)CCC351)OCCO4. The first-order valence-corrected chi connectivity index (χ1v) is 11.5. The number of fused-ring (bicyclic) bond motifs is 1. The van der Waals surface area contributed by atoms with Crippen LogP contribution in [0.25, 0.3) is 0 Å². The van der Waals surface area contributed by atoms with Crippen LogP contribution in [0.1, 0.15) is 55.2 Å². The number of benzene rings is 1. The van der Waals surface area contributed by atoms with Gasteiger partial charge in [-0.05, 0) is 62.1 Å². The van der Waals surface area contributed by atoms with Crippen LogP contribution in [-0.2, 0) is 21.3 Å². The van der Waals surface area contributed by atoms with Gasteiger partial charge >= 0.3 is 0 Å². The number of likely N-dealkylation sites (tertiary alicyclic amines) is 1. The van der Waals surface area contributed by atoms with E-state index in [-0.39, 0.29) is 11.5 Å². The van der Waals surface area contributed by atoms with Crippen LogP contribution < -0.4 is 4.74 Å². The van der Waals surface area contributed by atoms with Crippen LogP contribution in [0.3, 0.4) is 0 Å². The number of hydrogen-bond acceptors (Lipinski definition) is 5. The molecule has 2 spiro atoms. The fourth-order valence-electron chi connectivity index (χ4n) is 7.70. The zero-order valence-corrected chi connectivity index (χ0v) is 16.9. The molecule has 3 aliphatic carbocycles. The van der Waals surface area contributed by atoms with Crippen molar-refractivity contribution in [2.24, 2.45) is 11.8 Å². The molecule has 2 bridgehead atoms. The summed E-state index contributed by atoms with van der Waals surface area (Å²) in [5.74, 6) is 1.68. The topological polar surface area (TPSA) is 54.7 Å². The Kier molecular flexibility index (Phi) is 3.39. The van der Waals surface area contributed by atoms with Crippen molar-refractivity contribution in [3.05, 3.63) is 28.8 Å². The van der Waals surface area contributed by atoms with E-state index in [0.717, 1.165) is 43.9 Å². The van der Waals surface area contributed by atoms with Crippen molar-refractivity contribution in [3.63, 3.8) is 0 Å². The molecule has 0 aromatic heterocycles. The molecule has 1 aromatic carbocycles. The summed E-state index contributed by atoms with van der Waals surface area (Å²) in [4.78, 5) is 2.81. The molecule has 6 aliphatic rings. The largest absolute Gasteiger partial charge is 0.482 e. The van der Waals surface area contributed by atoms with E-state index >= 15 is 0 Å². The molecule has 7 rings (SSSR count). The Morgan fingerprint density at radius 1 is 1.14 bits per heavy atom. The zero-order valence-electron chi connectivity index (χ0n) is 16.9. The molecule has 2 saturated carbocycles. The van der Waals surface area contributed by atoms with Gasteiger partial charge in [0.1, 0.15) is 11.8 Å². The fourth-order valence-corrected chi connectivity index (χ4v) is 7.70. The number of rotatable bonds is 2. The molecule has 1 aromatic rings. The molecular weight excluding hydrogens is 364 g/mol. The van der Waals surface area contributed by atoms with Gasteiger partial charge in [-0.3, -0.25) is 4.90 Å². The molecule has 0 amide bonds. The Bertz CT molecular complexity index is 913. The van der Waals surface area contributed by atoms with E-state index in [0.29, 0.717) is 30.7 Å². The van der Waals surface area contributed by atoms with Gasteiger partial charge in [0.05, 0.1) is 18.8 Å². The molecule has 5 heteroatoms. The summed E-state index contributed by atoms with van der Waals surface area (Å²) in [7, 11) is 0. The summed E-state index contributed by atoms with van der Waals surface area (Å²) in [6, 6.07) is 7.15. The minimum Gasteiger partial charge on any atom is -0.482 e. The van der Waals surface area contributed by atoms with E-state index in [9.17, 15) is 5.26 Å². The number of hydrogen-bond donors (Lipinski definition) is 0. The maximum atomic E-state index is 9.76. The first kappa shape index (κ1) is 17.1. The third kappa shape index (κ3) is 2.01. The van der Waals surface area contributed by atoms with Crippen molar-refractivity contribution >= 4 is 0 Å². The van der Waals surface area contributed by atoms with Gasteiger partial charge in [-0.25, -0.2) is 0 Å². The number of nitriles is 1. The molecule has 4 atom stereocenters. The van der Waals surface area contributed by atoms with Crippen LogP contribution >= 0.6 is 0 Å². The molecule has 152 valence electrons. The fraction of sp³-hybridized carbons (Fsp3) is 0.708. The molecule has 3 aliphatic heterocycles. The average molecular weight is 392 g/mol. The highest BCUT2D eigenvalue weighted by Crippen LogP contribution is 2.65. The summed E-state index contributed by atoms with van der Waals surface area (Å²) in [5.41, 5.74) is 3.36. The highest BCUT2D eigenvalue weighted by molar-refractivity contribution is 5.61. The van der Waals surface area contributed by atoms with E-state index in [4.69, 9.17) is 14.2 Å². The van der Waals surface area contributed by atoms with Crippen molar-refractivity contribution in [3.8, 4) is 11.8 Å². The molecule has 0 radical (unpaired) electrons. The molecule has 1 unspecified atom stereocenters. The Morgan fingerprint density at radius 3 is 2.76 bits per heavy atom. The first-order valence-electron chi connectivity index (χ1n) is 11.5. The van der Waals surface area contributed by atoms with Crippen LogP contribution in [0, 0.1) is 23.2 Å². The lowest BCUT2D eigenvalue weighted by atomic mass is 9.50. The molecule has 0 N–H and O–H groups in total. The number of ether oxygens (including phenoxy) is 3. The van der Waals surface area contributed by atoms with Gasteiger partial charge in [0.2, 0.25) is 5.79 Å². The van der Waals surface area contributed by atoms with Crippen LogP contribution in [0.4, 0.5) is 0 Å². The second-order valence-electron chi connectivity index (χ2n) is 10.1. The number of nitrogens with zero attached hydrogens (tertiary/aromatic N) is 2. The number of piperidine rings is 1. The third-order valence-corrected chi connectivity index (χ3v) is 9.07. The maximum Gasteiger partial charge on any atom is 0.206 e. The highest BCUT2D eigenvalue weighted by atomic mass is 16.8. The Morgan fingerprint density at radius 2 is 2.00 bits per heavy atom. The van der Waals surface area contributed by atoms with E-state index in [2.05, 4.69) is 17.0 Å². The standard InChI is InChI=1S/C24H28N2O3/c25-13-17-5-4-16-12-19-18-6-7-24(27-10-11-28-24)22-23(18,20(16)21(17)29-22)8-9-26(19)14-15-2-1-3-15/h4-5,15,18-19,22H,1-3,6-12,14H2/t18-,19+,22+,23?/m0/s1. The quantitative estimate of drug-likeness (QED) is 0.774. The second-order valence-corrected chi connectivity index (χ2v) is 10.1. The van der Waals surface area contributed by atoms with Gasteiger partial charge in [-0.15, -0.1) is 0 Å². The maximum absolute atomic E-state index is 9.76. The minimum atomic E-state index is -0.627. The first-order chi connectivity index (χ1) is 14.2. The van der Waals surface area contributed by atoms with Gasteiger partial charge < -0.3 is 14.2 Å². The van der Waals surface area contributed by atoms with Crippen LogP contribution in [0.2, 0.25) is 0 Å². The third-order valence-electron chi connectivity index (χ3n) is 9.07. The van der Waals surface area contributed by atoms with Gasteiger partial charge in [0.15, 0.2) is 6.10 Å². The van der Waals surface area contributed by atoms with Gasteiger partial charge in [0, 0.05) is 30.0 Å². The lowest BCUT2D eigenvalue weighted by Gasteiger charge is -2.61. The monoisotopic (exact) mass is 392 g/mol. The van der Waals surface area contributed by atoms with Gasteiger partial charge in [-0.1, -0.05) is 12.5 Å². The Hall–Kier alpha value is -1.61. The van der Waals surface area contributed by atoms with E-state index in [1.54, 1.807) is 0 Å². The van der Waals surface area contributed by atoms with Crippen LogP contribution in [0.15, 0.2) is 12.1 Å². The summed E-state index contributed by atoms with van der Waals surface area (Å²) >= 11 is 0.